The van der Waals surface area contributed by atoms with Crippen molar-refractivity contribution in [2.24, 2.45) is 0 Å². The second kappa shape index (κ2) is 5.23. The number of rotatable bonds is 5. The van der Waals surface area contributed by atoms with Crippen LogP contribution in [-0.4, -0.2) is 30.6 Å². The molecule has 0 bridgehead atoms. The molecule has 4 nitrogen and oxygen atoms in total. The molecule has 6 heteroatoms. The maximum Gasteiger partial charge on any atom is 0.376 e. The van der Waals surface area contributed by atoms with Crippen molar-refractivity contribution in [3.63, 3.8) is 0 Å². The molecule has 16 heavy (non-hydrogen) atoms. The Bertz CT molecular complexity index is 274. The zero-order valence-corrected chi connectivity index (χ0v) is 9.80. The van der Waals surface area contributed by atoms with Crippen LogP contribution in [0.15, 0.2) is 0 Å². The van der Waals surface area contributed by atoms with Crippen LogP contribution in [0.4, 0.5) is 8.78 Å². The monoisotopic (exact) mass is 238 g/mol. The smallest absolute Gasteiger partial charge is 0.376 e. The van der Waals surface area contributed by atoms with Gasteiger partial charge in [0.1, 0.15) is 5.60 Å². The number of ether oxygens (including phenoxy) is 2. The first-order valence-corrected chi connectivity index (χ1v) is 4.76. The van der Waals surface area contributed by atoms with Gasteiger partial charge in [0.2, 0.25) is 0 Å². The van der Waals surface area contributed by atoms with Gasteiger partial charge in [-0.25, -0.2) is 4.79 Å². The summed E-state index contributed by atoms with van der Waals surface area (Å²) in [6, 6.07) is 0. The van der Waals surface area contributed by atoms with E-state index in [0.29, 0.717) is 0 Å². The minimum Gasteiger partial charge on any atom is -0.465 e. The van der Waals surface area contributed by atoms with Gasteiger partial charge in [-0.05, 0) is 20.3 Å². The summed E-state index contributed by atoms with van der Waals surface area (Å²) in [5.41, 5.74) is -1.02. The van der Waals surface area contributed by atoms with Gasteiger partial charge >= 0.3 is 17.9 Å². The summed E-state index contributed by atoms with van der Waals surface area (Å²) in [4.78, 5) is 21.4. The van der Waals surface area contributed by atoms with E-state index in [9.17, 15) is 18.4 Å². The van der Waals surface area contributed by atoms with Crippen molar-refractivity contribution < 1.29 is 27.8 Å². The number of alkyl halides is 2. The van der Waals surface area contributed by atoms with Gasteiger partial charge in [0.15, 0.2) is 0 Å². The highest BCUT2D eigenvalue weighted by molar-refractivity contribution is 5.77. The van der Waals surface area contributed by atoms with Crippen molar-refractivity contribution in [1.29, 1.82) is 0 Å². The van der Waals surface area contributed by atoms with Gasteiger partial charge in [0.05, 0.1) is 7.11 Å². The Morgan fingerprint density at radius 1 is 1.19 bits per heavy atom. The summed E-state index contributed by atoms with van der Waals surface area (Å²) in [5.74, 6) is -5.68. The molecule has 0 unspecified atom stereocenters. The fraction of sp³-hybridized carbons (Fsp3) is 0.800. The van der Waals surface area contributed by atoms with Crippen LogP contribution in [0.2, 0.25) is 0 Å². The SMILES string of the molecule is COC(=O)C(F)(F)CCC(C)(C)OC(C)=O. The Hall–Kier alpha value is -1.20. The van der Waals surface area contributed by atoms with Crippen LogP contribution in [0.3, 0.4) is 0 Å². The third kappa shape index (κ3) is 5.04. The molecule has 0 rings (SSSR count). The lowest BCUT2D eigenvalue weighted by Crippen LogP contribution is -2.34. The van der Waals surface area contributed by atoms with Crippen molar-refractivity contribution in [3.05, 3.63) is 0 Å². The largest absolute Gasteiger partial charge is 0.465 e. The first-order chi connectivity index (χ1) is 7.10. The summed E-state index contributed by atoms with van der Waals surface area (Å²) in [6.45, 7) is 4.20. The zero-order valence-electron chi connectivity index (χ0n) is 9.80. The molecule has 0 aromatic carbocycles. The molecule has 0 aliphatic carbocycles. The zero-order chi connectivity index (χ0) is 13.0. The van der Waals surface area contributed by atoms with Gasteiger partial charge in [-0.3, -0.25) is 4.79 Å². The molecular weight excluding hydrogens is 222 g/mol. The van der Waals surface area contributed by atoms with Crippen molar-refractivity contribution >= 4 is 11.9 Å². The maximum atomic E-state index is 13.1. The van der Waals surface area contributed by atoms with Gasteiger partial charge in [-0.1, -0.05) is 0 Å². The van der Waals surface area contributed by atoms with E-state index < -0.39 is 29.9 Å². The number of carbonyl (C=O) groups is 2. The fourth-order valence-electron chi connectivity index (χ4n) is 1.15. The molecule has 0 amide bonds. The molecule has 94 valence electrons. The summed E-state index contributed by atoms with van der Waals surface area (Å²) >= 11 is 0. The van der Waals surface area contributed by atoms with Crippen LogP contribution in [0.5, 0.6) is 0 Å². The number of hydrogen-bond acceptors (Lipinski definition) is 4. The Morgan fingerprint density at radius 2 is 1.69 bits per heavy atom. The summed E-state index contributed by atoms with van der Waals surface area (Å²) < 4.78 is 34.9. The van der Waals surface area contributed by atoms with Crippen molar-refractivity contribution in [3.8, 4) is 0 Å². The van der Waals surface area contributed by atoms with Crippen LogP contribution in [0.25, 0.3) is 0 Å². The fourth-order valence-corrected chi connectivity index (χ4v) is 1.15. The molecule has 0 aromatic heterocycles. The van der Waals surface area contributed by atoms with E-state index in [1.54, 1.807) is 0 Å². The highest BCUT2D eigenvalue weighted by Crippen LogP contribution is 2.27. The lowest BCUT2D eigenvalue weighted by atomic mass is 9.99. The third-order valence-corrected chi connectivity index (χ3v) is 1.95. The van der Waals surface area contributed by atoms with Crippen LogP contribution < -0.4 is 0 Å². The van der Waals surface area contributed by atoms with E-state index in [-0.39, 0.29) is 6.42 Å². The maximum absolute atomic E-state index is 13.1. The molecule has 0 atom stereocenters. The molecule has 0 fully saturated rings. The number of methoxy groups -OCH3 is 1. The average molecular weight is 238 g/mol. The molecule has 0 spiro atoms. The Kier molecular flexibility index (Phi) is 4.83. The van der Waals surface area contributed by atoms with Crippen molar-refractivity contribution in [2.75, 3.05) is 7.11 Å². The van der Waals surface area contributed by atoms with E-state index in [4.69, 9.17) is 4.74 Å². The number of esters is 2. The van der Waals surface area contributed by atoms with Crippen LogP contribution in [0, 0.1) is 0 Å². The van der Waals surface area contributed by atoms with Crippen LogP contribution in [0.1, 0.15) is 33.6 Å². The van der Waals surface area contributed by atoms with Gasteiger partial charge in [0.25, 0.3) is 0 Å². The second-order valence-corrected chi connectivity index (χ2v) is 4.05. The van der Waals surface area contributed by atoms with Crippen molar-refractivity contribution in [2.45, 2.75) is 45.1 Å². The molecule has 0 N–H and O–H groups in total. The Morgan fingerprint density at radius 3 is 2.06 bits per heavy atom. The predicted molar refractivity (Wildman–Crippen MR) is 52.0 cm³/mol. The molecule has 0 saturated heterocycles. The topological polar surface area (TPSA) is 52.6 Å². The van der Waals surface area contributed by atoms with Crippen LogP contribution >= 0.6 is 0 Å². The second-order valence-electron chi connectivity index (χ2n) is 4.05. The van der Waals surface area contributed by atoms with Crippen molar-refractivity contribution in [1.82, 2.24) is 0 Å². The summed E-state index contributed by atoms with van der Waals surface area (Å²) in [6.07, 6.45) is -0.853. The predicted octanol–water partition coefficient (Wildman–Crippen LogP) is 1.92. The molecule has 0 saturated carbocycles. The highest BCUT2D eigenvalue weighted by Gasteiger charge is 2.41. The molecule has 0 radical (unpaired) electrons. The normalized spacial score (nSPS) is 12.1. The van der Waals surface area contributed by atoms with Gasteiger partial charge in [0, 0.05) is 13.3 Å². The quantitative estimate of drug-likeness (QED) is 0.686. The lowest BCUT2D eigenvalue weighted by molar-refractivity contribution is -0.172. The number of hydrogen-bond donors (Lipinski definition) is 0. The molecule has 0 aromatic rings. The first kappa shape index (κ1) is 14.8. The van der Waals surface area contributed by atoms with E-state index in [1.807, 2.05) is 0 Å². The van der Waals surface area contributed by atoms with E-state index >= 15 is 0 Å². The summed E-state index contributed by atoms with van der Waals surface area (Å²) in [5, 5.41) is 0. The van der Waals surface area contributed by atoms with E-state index in [1.165, 1.54) is 20.8 Å². The van der Waals surface area contributed by atoms with Gasteiger partial charge in [-0.2, -0.15) is 8.78 Å². The van der Waals surface area contributed by atoms with Gasteiger partial charge in [-0.15, -0.1) is 0 Å². The minimum atomic E-state index is -3.55. The minimum absolute atomic E-state index is 0.130. The lowest BCUT2D eigenvalue weighted by Gasteiger charge is -2.25. The number of halogens is 2. The molecular formula is C10H16F2O4. The number of carbonyl (C=O) groups excluding carboxylic acids is 2. The Balaban J connectivity index is 4.33. The third-order valence-electron chi connectivity index (χ3n) is 1.95. The van der Waals surface area contributed by atoms with E-state index in [0.717, 1.165) is 7.11 Å². The first-order valence-electron chi connectivity index (χ1n) is 4.76. The Labute approximate surface area is 92.9 Å². The standard InChI is InChI=1S/C10H16F2O4/c1-7(13)16-9(2,3)5-6-10(11,12)8(14)15-4/h5-6H2,1-4H3. The van der Waals surface area contributed by atoms with Crippen LogP contribution in [-0.2, 0) is 19.1 Å². The molecule has 0 heterocycles. The average Bonchev–Trinajstić information content (AvgIpc) is 2.12. The van der Waals surface area contributed by atoms with Gasteiger partial charge < -0.3 is 9.47 Å². The highest BCUT2D eigenvalue weighted by atomic mass is 19.3. The molecule has 0 aliphatic heterocycles. The van der Waals surface area contributed by atoms with E-state index in [2.05, 4.69) is 4.74 Å². The molecule has 0 aliphatic rings. The summed E-state index contributed by atoms with van der Waals surface area (Å²) in [7, 11) is 0.896.